The van der Waals surface area contributed by atoms with Gasteiger partial charge in [-0.1, -0.05) is 49.7 Å². The van der Waals surface area contributed by atoms with Crippen molar-refractivity contribution in [1.82, 2.24) is 16.0 Å². The SMILES string of the molecule is CCCCOc1ccc(C2NC(=S)NC(C)=C2C(=O)NCc2ccccc2)cc1OC.Cl. The summed E-state index contributed by atoms with van der Waals surface area (Å²) in [7, 11) is 1.61. The molecule has 6 nitrogen and oxygen atoms in total. The van der Waals surface area contributed by atoms with Crippen LogP contribution >= 0.6 is 24.6 Å². The van der Waals surface area contributed by atoms with Crippen molar-refractivity contribution in [1.29, 1.82) is 0 Å². The van der Waals surface area contributed by atoms with Crippen LogP contribution in [-0.4, -0.2) is 24.7 Å². The Morgan fingerprint density at radius 3 is 2.59 bits per heavy atom. The van der Waals surface area contributed by atoms with Crippen LogP contribution in [0.5, 0.6) is 11.5 Å². The molecule has 1 amide bonds. The van der Waals surface area contributed by atoms with E-state index in [1.807, 2.05) is 55.5 Å². The van der Waals surface area contributed by atoms with Gasteiger partial charge in [0.15, 0.2) is 16.6 Å². The smallest absolute Gasteiger partial charge is 0.251 e. The molecule has 2 aromatic carbocycles. The van der Waals surface area contributed by atoms with Crippen molar-refractivity contribution in [2.75, 3.05) is 13.7 Å². The van der Waals surface area contributed by atoms with Gasteiger partial charge in [0.2, 0.25) is 0 Å². The first-order valence-corrected chi connectivity index (χ1v) is 10.9. The van der Waals surface area contributed by atoms with E-state index in [1.54, 1.807) is 7.11 Å². The predicted molar refractivity (Wildman–Crippen MR) is 133 cm³/mol. The number of carbonyl (C=O) groups excluding carboxylic acids is 1. The van der Waals surface area contributed by atoms with Gasteiger partial charge in [-0.15, -0.1) is 12.4 Å². The first-order chi connectivity index (χ1) is 15.0. The normalized spacial score (nSPS) is 15.2. The zero-order valence-corrected chi connectivity index (χ0v) is 20.2. The molecule has 0 aliphatic carbocycles. The highest BCUT2D eigenvalue weighted by Gasteiger charge is 2.30. The Kier molecular flexibility index (Phi) is 9.81. The van der Waals surface area contributed by atoms with Crippen molar-refractivity contribution < 1.29 is 14.3 Å². The number of methoxy groups -OCH3 is 1. The Morgan fingerprint density at radius 2 is 1.91 bits per heavy atom. The molecule has 0 fully saturated rings. The third-order valence-electron chi connectivity index (χ3n) is 5.09. The van der Waals surface area contributed by atoms with Crippen molar-refractivity contribution in [3.05, 3.63) is 70.9 Å². The van der Waals surface area contributed by atoms with E-state index >= 15 is 0 Å². The Labute approximate surface area is 201 Å². The third kappa shape index (κ3) is 6.37. The van der Waals surface area contributed by atoms with Crippen LogP contribution in [0.4, 0.5) is 0 Å². The molecule has 0 radical (unpaired) electrons. The van der Waals surface area contributed by atoms with Crippen molar-refractivity contribution in [2.24, 2.45) is 0 Å². The molecule has 3 rings (SSSR count). The van der Waals surface area contributed by atoms with Crippen molar-refractivity contribution in [3.8, 4) is 11.5 Å². The van der Waals surface area contributed by atoms with E-state index in [4.69, 9.17) is 21.7 Å². The Balaban J connectivity index is 0.00000363. The minimum atomic E-state index is -0.400. The van der Waals surface area contributed by atoms with Gasteiger partial charge in [0.1, 0.15) is 0 Å². The average molecular weight is 476 g/mol. The van der Waals surface area contributed by atoms with Gasteiger partial charge in [-0.3, -0.25) is 4.79 Å². The van der Waals surface area contributed by atoms with Crippen LogP contribution in [0.3, 0.4) is 0 Å². The Morgan fingerprint density at radius 1 is 1.16 bits per heavy atom. The first-order valence-electron chi connectivity index (χ1n) is 10.4. The summed E-state index contributed by atoms with van der Waals surface area (Å²) < 4.78 is 11.4. The lowest BCUT2D eigenvalue weighted by atomic mass is 9.94. The molecule has 1 heterocycles. The lowest BCUT2D eigenvalue weighted by Gasteiger charge is -2.30. The lowest BCUT2D eigenvalue weighted by molar-refractivity contribution is -0.118. The maximum atomic E-state index is 13.1. The number of hydrogen-bond acceptors (Lipinski definition) is 4. The molecular formula is C24H30ClN3O3S. The van der Waals surface area contributed by atoms with Crippen molar-refractivity contribution in [2.45, 2.75) is 39.3 Å². The molecule has 32 heavy (non-hydrogen) atoms. The van der Waals surface area contributed by atoms with Gasteiger partial charge in [0, 0.05) is 12.2 Å². The maximum absolute atomic E-state index is 13.1. The summed E-state index contributed by atoms with van der Waals surface area (Å²) in [5, 5.41) is 9.77. The molecule has 0 bridgehead atoms. The molecular weight excluding hydrogens is 446 g/mol. The van der Waals surface area contributed by atoms with Crippen LogP contribution in [0.15, 0.2) is 59.8 Å². The molecule has 0 spiro atoms. The minimum Gasteiger partial charge on any atom is -0.493 e. The number of rotatable bonds is 9. The summed E-state index contributed by atoms with van der Waals surface area (Å²) in [4.78, 5) is 13.1. The summed E-state index contributed by atoms with van der Waals surface area (Å²) in [6.07, 6.45) is 2.03. The number of amides is 1. The van der Waals surface area contributed by atoms with Crippen LogP contribution in [0.25, 0.3) is 0 Å². The number of ether oxygens (including phenoxy) is 2. The standard InChI is InChI=1S/C24H29N3O3S.ClH/c1-4-5-13-30-19-12-11-18(14-20(19)29-3)22-21(16(2)26-24(31)27-22)23(28)25-15-17-9-7-6-8-10-17;/h6-12,14,22H,4-5,13,15H2,1-3H3,(H,25,28)(H2,26,27,31);1H. The number of carbonyl (C=O) groups is 1. The summed E-state index contributed by atoms with van der Waals surface area (Å²) in [6.45, 7) is 5.06. The van der Waals surface area contributed by atoms with Crippen LogP contribution < -0.4 is 25.4 Å². The number of halogens is 1. The molecule has 0 saturated carbocycles. The third-order valence-corrected chi connectivity index (χ3v) is 5.31. The fourth-order valence-corrected chi connectivity index (χ4v) is 3.70. The van der Waals surface area contributed by atoms with Gasteiger partial charge < -0.3 is 25.4 Å². The number of hydrogen-bond donors (Lipinski definition) is 3. The van der Waals surface area contributed by atoms with Gasteiger partial charge in [-0.2, -0.15) is 0 Å². The summed E-state index contributed by atoms with van der Waals surface area (Å²) in [5.41, 5.74) is 3.22. The van der Waals surface area contributed by atoms with E-state index in [0.29, 0.717) is 35.3 Å². The molecule has 1 aliphatic heterocycles. The second kappa shape index (κ2) is 12.3. The predicted octanol–water partition coefficient (Wildman–Crippen LogP) is 4.41. The van der Waals surface area contributed by atoms with Crippen LogP contribution in [0.1, 0.15) is 43.9 Å². The number of thiocarbonyl (C=S) groups is 1. The molecule has 3 N–H and O–H groups in total. The Bertz CT molecular complexity index is 966. The second-order valence-corrected chi connectivity index (χ2v) is 7.76. The van der Waals surface area contributed by atoms with Gasteiger partial charge in [-0.25, -0.2) is 0 Å². The van der Waals surface area contributed by atoms with E-state index in [2.05, 4.69) is 22.9 Å². The summed E-state index contributed by atoms with van der Waals surface area (Å²) in [6, 6.07) is 15.1. The highest BCUT2D eigenvalue weighted by atomic mass is 35.5. The topological polar surface area (TPSA) is 71.6 Å². The molecule has 8 heteroatoms. The first kappa shape index (κ1) is 25.5. The summed E-state index contributed by atoms with van der Waals surface area (Å²) in [5.74, 6) is 1.16. The van der Waals surface area contributed by atoms with Gasteiger partial charge in [-0.05, 0) is 48.8 Å². The molecule has 1 atom stereocenters. The zero-order valence-electron chi connectivity index (χ0n) is 18.6. The quantitative estimate of drug-likeness (QED) is 0.368. The highest BCUT2D eigenvalue weighted by molar-refractivity contribution is 7.80. The molecule has 1 aliphatic rings. The molecule has 0 saturated heterocycles. The zero-order chi connectivity index (χ0) is 22.2. The second-order valence-electron chi connectivity index (χ2n) is 7.35. The van der Waals surface area contributed by atoms with E-state index in [1.165, 1.54) is 0 Å². The monoisotopic (exact) mass is 475 g/mol. The maximum Gasteiger partial charge on any atom is 0.251 e. The van der Waals surface area contributed by atoms with Crippen LogP contribution in [0.2, 0.25) is 0 Å². The largest absolute Gasteiger partial charge is 0.493 e. The van der Waals surface area contributed by atoms with E-state index in [0.717, 1.165) is 29.7 Å². The number of unbranched alkanes of at least 4 members (excludes halogenated alkanes) is 1. The van der Waals surface area contributed by atoms with Crippen molar-refractivity contribution >= 4 is 35.6 Å². The van der Waals surface area contributed by atoms with E-state index in [9.17, 15) is 4.79 Å². The van der Waals surface area contributed by atoms with Gasteiger partial charge in [0.25, 0.3) is 5.91 Å². The van der Waals surface area contributed by atoms with Crippen LogP contribution in [-0.2, 0) is 11.3 Å². The summed E-state index contributed by atoms with van der Waals surface area (Å²) >= 11 is 5.35. The van der Waals surface area contributed by atoms with E-state index in [-0.39, 0.29) is 18.3 Å². The molecule has 1 unspecified atom stereocenters. The average Bonchev–Trinajstić information content (AvgIpc) is 2.78. The number of nitrogens with one attached hydrogen (secondary N) is 3. The molecule has 172 valence electrons. The Hall–Kier alpha value is -2.77. The van der Waals surface area contributed by atoms with E-state index < -0.39 is 6.04 Å². The lowest BCUT2D eigenvalue weighted by Crippen LogP contribution is -2.46. The fourth-order valence-electron chi connectivity index (χ4n) is 3.43. The van der Waals surface area contributed by atoms with Gasteiger partial charge >= 0.3 is 0 Å². The fraction of sp³-hybridized carbons (Fsp3) is 0.333. The number of allylic oxidation sites excluding steroid dienone is 1. The van der Waals surface area contributed by atoms with Crippen LogP contribution in [0, 0.1) is 0 Å². The minimum absolute atomic E-state index is 0. The van der Waals surface area contributed by atoms with Gasteiger partial charge in [0.05, 0.1) is 25.3 Å². The molecule has 2 aromatic rings. The number of benzene rings is 2. The highest BCUT2D eigenvalue weighted by Crippen LogP contribution is 2.34. The van der Waals surface area contributed by atoms with Crippen molar-refractivity contribution in [3.63, 3.8) is 0 Å². The molecule has 0 aromatic heterocycles.